The summed E-state index contributed by atoms with van der Waals surface area (Å²) in [4.78, 5) is 6.92. The number of nitrogens with one attached hydrogen (secondary N) is 1. The highest BCUT2D eigenvalue weighted by Crippen LogP contribution is 2.43. The van der Waals surface area contributed by atoms with Crippen molar-refractivity contribution in [3.63, 3.8) is 0 Å². The zero-order chi connectivity index (χ0) is 20.7. The summed E-state index contributed by atoms with van der Waals surface area (Å²) >= 11 is 5.84. The molecule has 0 radical (unpaired) electrons. The number of pyridine rings is 1. The molecule has 0 saturated carbocycles. The van der Waals surface area contributed by atoms with E-state index in [2.05, 4.69) is 84.7 Å². The number of rotatable bonds is 4. The first kappa shape index (κ1) is 19.6. The molecule has 1 N–H and O–H groups in total. The smallest absolute Gasteiger partial charge is 0.174 e. The van der Waals surface area contributed by atoms with Crippen molar-refractivity contribution >= 4 is 23.0 Å². The third kappa shape index (κ3) is 3.33. The second-order valence-electron chi connectivity index (χ2n) is 7.84. The lowest BCUT2D eigenvalue weighted by molar-refractivity contribution is 0.563. The van der Waals surface area contributed by atoms with Gasteiger partial charge in [0.05, 0.1) is 17.8 Å². The number of benzene rings is 1. The van der Waals surface area contributed by atoms with Crippen LogP contribution in [0.2, 0.25) is 0 Å². The number of nitrogens with zero attached hydrogens (tertiary/aromatic N) is 3. The zero-order valence-corrected chi connectivity index (χ0v) is 18.5. The molecule has 2 atom stereocenters. The van der Waals surface area contributed by atoms with E-state index >= 15 is 0 Å². The Labute approximate surface area is 178 Å². The highest BCUT2D eigenvalue weighted by atomic mass is 32.1. The molecule has 0 bridgehead atoms. The Bertz CT molecular complexity index is 1050. The number of hydrogen-bond acceptors (Lipinski definition) is 2. The van der Waals surface area contributed by atoms with Gasteiger partial charge in [0.2, 0.25) is 0 Å². The summed E-state index contributed by atoms with van der Waals surface area (Å²) in [6, 6.07) is 15.0. The fourth-order valence-corrected chi connectivity index (χ4v) is 4.78. The number of aromatic nitrogens is 2. The average Bonchev–Trinajstić information content (AvgIpc) is 3.20. The minimum Gasteiger partial charge on any atom is -0.351 e. The molecule has 4 rings (SSSR count). The van der Waals surface area contributed by atoms with Gasteiger partial charge in [-0.05, 0) is 93.9 Å². The van der Waals surface area contributed by atoms with Gasteiger partial charge in [-0.15, -0.1) is 0 Å². The van der Waals surface area contributed by atoms with Crippen LogP contribution >= 0.6 is 12.2 Å². The fourth-order valence-electron chi connectivity index (χ4n) is 4.44. The van der Waals surface area contributed by atoms with Crippen molar-refractivity contribution < 1.29 is 0 Å². The number of anilines is 1. The summed E-state index contributed by atoms with van der Waals surface area (Å²) in [6.07, 6.45) is 1.85. The molecule has 0 aliphatic carbocycles. The second-order valence-corrected chi connectivity index (χ2v) is 8.22. The Balaban J connectivity index is 1.89. The lowest BCUT2D eigenvalue weighted by Crippen LogP contribution is -2.29. The van der Waals surface area contributed by atoms with Gasteiger partial charge in [-0.2, -0.15) is 0 Å². The van der Waals surface area contributed by atoms with Gasteiger partial charge >= 0.3 is 0 Å². The van der Waals surface area contributed by atoms with Crippen LogP contribution in [-0.4, -0.2) is 14.7 Å². The van der Waals surface area contributed by atoms with Crippen molar-refractivity contribution in [2.24, 2.45) is 0 Å². The first-order chi connectivity index (χ1) is 13.9. The van der Waals surface area contributed by atoms with E-state index in [-0.39, 0.29) is 12.1 Å². The van der Waals surface area contributed by atoms with Gasteiger partial charge in [-0.3, -0.25) is 4.98 Å². The van der Waals surface area contributed by atoms with Crippen LogP contribution < -0.4 is 10.2 Å². The van der Waals surface area contributed by atoms with Crippen molar-refractivity contribution in [2.45, 2.75) is 53.2 Å². The number of thiocarbonyl (C=S) groups is 1. The van der Waals surface area contributed by atoms with Crippen LogP contribution in [-0.2, 0) is 6.54 Å². The second kappa shape index (κ2) is 7.64. The summed E-state index contributed by atoms with van der Waals surface area (Å²) in [6.45, 7) is 11.8. The molecule has 3 heterocycles. The first-order valence-corrected chi connectivity index (χ1v) is 10.6. The van der Waals surface area contributed by atoms with Crippen LogP contribution in [0.1, 0.15) is 52.8 Å². The summed E-state index contributed by atoms with van der Waals surface area (Å²) < 4.78 is 2.37. The highest BCUT2D eigenvalue weighted by molar-refractivity contribution is 7.80. The summed E-state index contributed by atoms with van der Waals surface area (Å²) in [7, 11) is 0. The van der Waals surface area contributed by atoms with E-state index in [9.17, 15) is 0 Å². The van der Waals surface area contributed by atoms with Crippen LogP contribution in [0.3, 0.4) is 0 Å². The van der Waals surface area contributed by atoms with E-state index in [1.54, 1.807) is 0 Å². The average molecular weight is 405 g/mol. The fraction of sp³-hybridized carbons (Fsp3) is 0.333. The van der Waals surface area contributed by atoms with E-state index in [0.29, 0.717) is 0 Å². The third-order valence-electron chi connectivity index (χ3n) is 6.11. The molecule has 1 saturated heterocycles. The van der Waals surface area contributed by atoms with Gasteiger partial charge in [0.15, 0.2) is 5.11 Å². The van der Waals surface area contributed by atoms with Crippen molar-refractivity contribution in [3.8, 4) is 0 Å². The van der Waals surface area contributed by atoms with Gasteiger partial charge in [0.25, 0.3) is 0 Å². The van der Waals surface area contributed by atoms with Crippen LogP contribution in [0.15, 0.2) is 48.7 Å². The maximum Gasteiger partial charge on any atom is 0.174 e. The molecule has 5 heteroatoms. The molecule has 29 heavy (non-hydrogen) atoms. The number of hydrogen-bond donors (Lipinski definition) is 1. The van der Waals surface area contributed by atoms with Crippen LogP contribution in [0.25, 0.3) is 0 Å². The Morgan fingerprint density at radius 3 is 2.45 bits per heavy atom. The Hall–Kier alpha value is -2.66. The van der Waals surface area contributed by atoms with Crippen LogP contribution in [0.4, 0.5) is 5.69 Å². The molecule has 150 valence electrons. The predicted octanol–water partition coefficient (Wildman–Crippen LogP) is 5.31. The lowest BCUT2D eigenvalue weighted by Gasteiger charge is -2.28. The monoisotopic (exact) mass is 404 g/mol. The Kier molecular flexibility index (Phi) is 5.17. The summed E-state index contributed by atoms with van der Waals surface area (Å²) in [5, 5.41) is 4.31. The Morgan fingerprint density at radius 2 is 1.83 bits per heavy atom. The number of aryl methyl sites for hydroxylation is 3. The van der Waals surface area contributed by atoms with Gasteiger partial charge in [0.1, 0.15) is 0 Å². The summed E-state index contributed by atoms with van der Waals surface area (Å²) in [5.41, 5.74) is 8.54. The molecular formula is C24H28N4S. The SMILES string of the molecule is CCn1c(C)cc([C@@H]2[C@H](c3ccccn3)NC(=S)N2c2ccc(C)c(C)c2)c1C. The zero-order valence-electron chi connectivity index (χ0n) is 17.7. The molecule has 1 aliphatic rings. The topological polar surface area (TPSA) is 33.1 Å². The predicted molar refractivity (Wildman–Crippen MR) is 123 cm³/mol. The molecule has 0 spiro atoms. The van der Waals surface area contributed by atoms with Crippen LogP contribution in [0, 0.1) is 27.7 Å². The van der Waals surface area contributed by atoms with E-state index in [1.165, 1.54) is 28.1 Å². The maximum absolute atomic E-state index is 5.84. The molecule has 0 amide bonds. The third-order valence-corrected chi connectivity index (χ3v) is 6.43. The molecular weight excluding hydrogens is 376 g/mol. The minimum absolute atomic E-state index is 0.00360. The quantitative estimate of drug-likeness (QED) is 0.597. The van der Waals surface area contributed by atoms with Gasteiger partial charge in [0, 0.05) is 29.8 Å². The molecule has 3 aromatic rings. The standard InChI is InChI=1S/C24H28N4S/c1-6-27-17(4)14-20(18(27)5)23-22(21-9-7-8-12-25-21)26-24(29)28(23)19-11-10-15(2)16(3)13-19/h7-14,22-23H,6H2,1-5H3,(H,26,29)/t22-,23+/m0/s1. The van der Waals surface area contributed by atoms with Crippen molar-refractivity contribution in [2.75, 3.05) is 4.90 Å². The molecule has 1 aliphatic heterocycles. The van der Waals surface area contributed by atoms with Crippen molar-refractivity contribution in [3.05, 3.63) is 82.4 Å². The van der Waals surface area contributed by atoms with E-state index in [4.69, 9.17) is 12.2 Å². The highest BCUT2D eigenvalue weighted by Gasteiger charge is 2.42. The molecule has 2 aromatic heterocycles. The maximum atomic E-state index is 5.84. The largest absolute Gasteiger partial charge is 0.351 e. The minimum atomic E-state index is -0.00360. The first-order valence-electron chi connectivity index (χ1n) is 10.2. The summed E-state index contributed by atoms with van der Waals surface area (Å²) in [5.74, 6) is 0. The van der Waals surface area contributed by atoms with Gasteiger partial charge in [-0.1, -0.05) is 12.1 Å². The molecule has 0 unspecified atom stereocenters. The normalized spacial score (nSPS) is 18.9. The van der Waals surface area contributed by atoms with Crippen molar-refractivity contribution in [1.82, 2.24) is 14.9 Å². The van der Waals surface area contributed by atoms with Gasteiger partial charge in [-0.25, -0.2) is 0 Å². The lowest BCUT2D eigenvalue weighted by atomic mass is 9.96. The Morgan fingerprint density at radius 1 is 1.03 bits per heavy atom. The van der Waals surface area contributed by atoms with Crippen LogP contribution in [0.5, 0.6) is 0 Å². The van der Waals surface area contributed by atoms with E-state index in [0.717, 1.165) is 23.0 Å². The molecule has 1 fully saturated rings. The molecule has 1 aromatic carbocycles. The van der Waals surface area contributed by atoms with E-state index < -0.39 is 0 Å². The van der Waals surface area contributed by atoms with Gasteiger partial charge < -0.3 is 14.8 Å². The van der Waals surface area contributed by atoms with E-state index in [1.807, 2.05) is 18.3 Å². The molecule has 4 nitrogen and oxygen atoms in total. The van der Waals surface area contributed by atoms with Crippen molar-refractivity contribution in [1.29, 1.82) is 0 Å².